The zero-order valence-corrected chi connectivity index (χ0v) is 10.9. The molecular weight excluding hydrogens is 222 g/mol. The molecule has 2 aromatic rings. The van der Waals surface area contributed by atoms with Crippen LogP contribution < -0.4 is 11.1 Å². The van der Waals surface area contributed by atoms with Gasteiger partial charge < -0.3 is 11.1 Å². The van der Waals surface area contributed by atoms with Crippen LogP contribution in [0.4, 0.5) is 11.4 Å². The Hall–Kier alpha value is -1.77. The van der Waals surface area contributed by atoms with Gasteiger partial charge in [-0.15, -0.1) is 0 Å². The number of pyridine rings is 1. The molecule has 18 heavy (non-hydrogen) atoms. The summed E-state index contributed by atoms with van der Waals surface area (Å²) >= 11 is 0. The van der Waals surface area contributed by atoms with Crippen molar-refractivity contribution in [1.82, 2.24) is 4.98 Å². The number of anilines is 2. The number of nitrogens with two attached hydrogens (primary N) is 1. The second-order valence-electron chi connectivity index (χ2n) is 5.72. The number of benzene rings is 1. The molecule has 0 saturated heterocycles. The Labute approximate surface area is 107 Å². The highest BCUT2D eigenvalue weighted by Crippen LogP contribution is 2.41. The summed E-state index contributed by atoms with van der Waals surface area (Å²) in [5.41, 5.74) is 8.86. The van der Waals surface area contributed by atoms with Gasteiger partial charge in [0, 0.05) is 22.8 Å². The number of rotatable bonds is 3. The average Bonchev–Trinajstić information content (AvgIpc) is 3.14. The topological polar surface area (TPSA) is 50.9 Å². The van der Waals surface area contributed by atoms with Crippen molar-refractivity contribution in [2.75, 3.05) is 11.1 Å². The van der Waals surface area contributed by atoms with E-state index in [9.17, 15) is 0 Å². The fourth-order valence-corrected chi connectivity index (χ4v) is 2.56. The maximum absolute atomic E-state index is 5.97. The third kappa shape index (κ3) is 1.90. The van der Waals surface area contributed by atoms with E-state index in [0.29, 0.717) is 0 Å². The van der Waals surface area contributed by atoms with Gasteiger partial charge in [-0.1, -0.05) is 12.1 Å². The van der Waals surface area contributed by atoms with Gasteiger partial charge in [0.1, 0.15) is 0 Å². The molecule has 0 bridgehead atoms. The summed E-state index contributed by atoms with van der Waals surface area (Å²) in [6.45, 7) is 4.53. The number of hydrogen-bond acceptors (Lipinski definition) is 3. The van der Waals surface area contributed by atoms with Crippen LogP contribution in [0.3, 0.4) is 0 Å². The first-order chi connectivity index (χ1) is 8.58. The van der Waals surface area contributed by atoms with Gasteiger partial charge in [0.05, 0.1) is 11.2 Å². The van der Waals surface area contributed by atoms with Crippen molar-refractivity contribution >= 4 is 22.3 Å². The lowest BCUT2D eigenvalue weighted by atomic mass is 9.97. The second-order valence-corrected chi connectivity index (χ2v) is 5.72. The molecule has 1 saturated carbocycles. The lowest BCUT2D eigenvalue weighted by Gasteiger charge is -2.28. The number of para-hydroxylation sites is 1. The van der Waals surface area contributed by atoms with Crippen molar-refractivity contribution in [2.24, 2.45) is 5.92 Å². The standard InChI is InChI=1S/C15H19N3/c1-15(2,10-6-7-10)18-13-8-9-17-14-11(13)4-3-5-12(14)16/h3-5,8-10H,6-7,16H2,1-2H3,(H,17,18). The van der Waals surface area contributed by atoms with Crippen LogP contribution in [0.15, 0.2) is 30.5 Å². The molecule has 0 aliphatic heterocycles. The highest BCUT2D eigenvalue weighted by atomic mass is 15.0. The Bertz CT molecular complexity index is 585. The zero-order chi connectivity index (χ0) is 12.8. The SMILES string of the molecule is CC(C)(Nc1ccnc2c(N)cccc12)C1CC1. The van der Waals surface area contributed by atoms with Crippen molar-refractivity contribution in [3.63, 3.8) is 0 Å². The first-order valence-corrected chi connectivity index (χ1v) is 6.49. The van der Waals surface area contributed by atoms with Crippen LogP contribution in [0.2, 0.25) is 0 Å². The summed E-state index contributed by atoms with van der Waals surface area (Å²) < 4.78 is 0. The molecule has 0 radical (unpaired) electrons. The van der Waals surface area contributed by atoms with E-state index in [1.165, 1.54) is 12.8 Å². The predicted molar refractivity (Wildman–Crippen MR) is 76.6 cm³/mol. The fraction of sp³-hybridized carbons (Fsp3) is 0.400. The largest absolute Gasteiger partial charge is 0.397 e. The Kier molecular flexibility index (Phi) is 2.44. The van der Waals surface area contributed by atoms with Crippen LogP contribution in [-0.2, 0) is 0 Å². The molecule has 94 valence electrons. The monoisotopic (exact) mass is 241 g/mol. The smallest absolute Gasteiger partial charge is 0.0951 e. The summed E-state index contributed by atoms with van der Waals surface area (Å²) in [5.74, 6) is 0.779. The number of fused-ring (bicyclic) bond motifs is 1. The van der Waals surface area contributed by atoms with Gasteiger partial charge in [0.15, 0.2) is 0 Å². The summed E-state index contributed by atoms with van der Waals surface area (Å²) in [5, 5.41) is 4.76. The van der Waals surface area contributed by atoms with Crippen molar-refractivity contribution in [3.8, 4) is 0 Å². The van der Waals surface area contributed by atoms with Crippen LogP contribution >= 0.6 is 0 Å². The van der Waals surface area contributed by atoms with E-state index in [-0.39, 0.29) is 5.54 Å². The Morgan fingerprint density at radius 2 is 2.06 bits per heavy atom. The summed E-state index contributed by atoms with van der Waals surface area (Å²) in [6, 6.07) is 7.98. The third-order valence-corrected chi connectivity index (χ3v) is 3.86. The molecule has 0 amide bonds. The van der Waals surface area contributed by atoms with E-state index in [0.717, 1.165) is 28.2 Å². The molecule has 1 aromatic carbocycles. The molecule has 1 fully saturated rings. The Morgan fingerprint density at radius 1 is 1.28 bits per heavy atom. The number of nitrogens with zero attached hydrogens (tertiary/aromatic N) is 1. The van der Waals surface area contributed by atoms with Crippen LogP contribution in [0.1, 0.15) is 26.7 Å². The van der Waals surface area contributed by atoms with Gasteiger partial charge in [-0.3, -0.25) is 4.98 Å². The fourth-order valence-electron chi connectivity index (χ4n) is 2.56. The third-order valence-electron chi connectivity index (χ3n) is 3.86. The lowest BCUT2D eigenvalue weighted by molar-refractivity contribution is 0.495. The van der Waals surface area contributed by atoms with Gasteiger partial charge in [0.2, 0.25) is 0 Å². The molecule has 3 rings (SSSR count). The molecule has 3 nitrogen and oxygen atoms in total. The predicted octanol–water partition coefficient (Wildman–Crippen LogP) is 3.42. The van der Waals surface area contributed by atoms with Crippen molar-refractivity contribution in [2.45, 2.75) is 32.2 Å². The Morgan fingerprint density at radius 3 is 2.78 bits per heavy atom. The van der Waals surface area contributed by atoms with Crippen LogP contribution in [0.25, 0.3) is 10.9 Å². The quantitative estimate of drug-likeness (QED) is 0.809. The van der Waals surface area contributed by atoms with Crippen molar-refractivity contribution in [3.05, 3.63) is 30.5 Å². The van der Waals surface area contributed by atoms with Crippen LogP contribution in [-0.4, -0.2) is 10.5 Å². The van der Waals surface area contributed by atoms with E-state index in [4.69, 9.17) is 5.73 Å². The molecule has 3 N–H and O–H groups in total. The number of nitrogen functional groups attached to an aromatic ring is 1. The molecule has 0 unspecified atom stereocenters. The van der Waals surface area contributed by atoms with Crippen LogP contribution in [0.5, 0.6) is 0 Å². The van der Waals surface area contributed by atoms with Gasteiger partial charge >= 0.3 is 0 Å². The summed E-state index contributed by atoms with van der Waals surface area (Å²) in [4.78, 5) is 4.37. The molecular formula is C15H19N3. The second kappa shape index (κ2) is 3.87. The zero-order valence-electron chi connectivity index (χ0n) is 10.9. The molecule has 1 aliphatic carbocycles. The van der Waals surface area contributed by atoms with Crippen molar-refractivity contribution < 1.29 is 0 Å². The van der Waals surface area contributed by atoms with E-state index in [2.05, 4.69) is 30.2 Å². The summed E-state index contributed by atoms with van der Waals surface area (Å²) in [7, 11) is 0. The van der Waals surface area contributed by atoms with E-state index in [1.54, 1.807) is 0 Å². The highest BCUT2D eigenvalue weighted by molar-refractivity contribution is 5.97. The van der Waals surface area contributed by atoms with Crippen molar-refractivity contribution in [1.29, 1.82) is 0 Å². The molecule has 1 heterocycles. The molecule has 1 aromatic heterocycles. The Balaban J connectivity index is 2.04. The van der Waals surface area contributed by atoms with E-state index < -0.39 is 0 Å². The van der Waals surface area contributed by atoms with E-state index >= 15 is 0 Å². The normalized spacial score (nSPS) is 15.9. The van der Waals surface area contributed by atoms with Gasteiger partial charge in [-0.05, 0) is 44.7 Å². The molecule has 1 aliphatic rings. The highest BCUT2D eigenvalue weighted by Gasteiger charge is 2.37. The minimum Gasteiger partial charge on any atom is -0.397 e. The minimum atomic E-state index is 0.138. The van der Waals surface area contributed by atoms with Gasteiger partial charge in [0.25, 0.3) is 0 Å². The number of hydrogen-bond donors (Lipinski definition) is 2. The van der Waals surface area contributed by atoms with Gasteiger partial charge in [-0.25, -0.2) is 0 Å². The summed E-state index contributed by atoms with van der Waals surface area (Å²) in [6.07, 6.45) is 4.47. The number of nitrogens with one attached hydrogen (secondary N) is 1. The molecule has 0 spiro atoms. The van der Waals surface area contributed by atoms with Crippen LogP contribution in [0, 0.1) is 5.92 Å². The molecule has 0 atom stereocenters. The molecule has 3 heteroatoms. The first-order valence-electron chi connectivity index (χ1n) is 6.49. The first kappa shape index (κ1) is 11.3. The maximum Gasteiger partial charge on any atom is 0.0951 e. The van der Waals surface area contributed by atoms with E-state index in [1.807, 2.05) is 24.4 Å². The minimum absolute atomic E-state index is 0.138. The maximum atomic E-state index is 5.97. The number of aromatic nitrogens is 1. The average molecular weight is 241 g/mol. The van der Waals surface area contributed by atoms with Gasteiger partial charge in [-0.2, -0.15) is 0 Å². The lowest BCUT2D eigenvalue weighted by Crippen LogP contribution is -2.33.